The van der Waals surface area contributed by atoms with Gasteiger partial charge in [-0.25, -0.2) is 4.98 Å². The number of hydrogen-bond donors (Lipinski definition) is 1. The molecule has 0 fully saturated rings. The van der Waals surface area contributed by atoms with E-state index in [1.165, 1.54) is 31.2 Å². The molecule has 1 aromatic heterocycles. The average molecular weight is 478 g/mol. The maximum Gasteiger partial charge on any atom is 0.398 e. The van der Waals surface area contributed by atoms with Gasteiger partial charge in [0.25, 0.3) is 0 Å². The first-order valence-corrected chi connectivity index (χ1v) is 10.2. The molecule has 0 radical (unpaired) electrons. The van der Waals surface area contributed by atoms with E-state index < -0.39 is 17.5 Å². The number of phenolic OH excluding ortho intramolecular Hbond substituents is 1. The molecule has 7 heteroatoms. The Morgan fingerprint density at radius 3 is 2.47 bits per heavy atom. The minimum absolute atomic E-state index is 0.0175. The Kier molecular flexibility index (Phi) is 5.04. The highest BCUT2D eigenvalue weighted by atomic mass is 79.9. The van der Waals surface area contributed by atoms with E-state index in [9.17, 15) is 18.3 Å². The van der Waals surface area contributed by atoms with Gasteiger partial charge in [-0.1, -0.05) is 34.1 Å². The molecular formula is C23H19BrF3NO2. The fraction of sp³-hybridized carbons (Fsp3) is 0.261. The Hall–Kier alpha value is -2.54. The van der Waals surface area contributed by atoms with E-state index in [0.29, 0.717) is 22.2 Å². The molecule has 30 heavy (non-hydrogen) atoms. The summed E-state index contributed by atoms with van der Waals surface area (Å²) in [5.74, 6) is -0.694. The second-order valence-electron chi connectivity index (χ2n) is 7.69. The van der Waals surface area contributed by atoms with Crippen molar-refractivity contribution in [3.05, 3.63) is 68.8 Å². The standard InChI is InChI=1S/C23H19BrF3NO2/c1-13-3-6-15(11-19(13)29)22(2,23(25,26)27)16-7-10-18-20(12-16)30-21(28-18)14-4-8-17(24)9-5-14/h3-6,8-12,16,29H,7H2,1-2H3. The average Bonchev–Trinajstić information content (AvgIpc) is 3.12. The van der Waals surface area contributed by atoms with Crippen LogP contribution in [0.15, 0.2) is 51.4 Å². The lowest BCUT2D eigenvalue weighted by Gasteiger charge is -2.38. The zero-order valence-corrected chi connectivity index (χ0v) is 17.9. The lowest BCUT2D eigenvalue weighted by atomic mass is 9.68. The number of fused-ring (bicyclic) bond motifs is 1. The van der Waals surface area contributed by atoms with Gasteiger partial charge >= 0.3 is 6.18 Å². The van der Waals surface area contributed by atoms with E-state index in [0.717, 1.165) is 10.0 Å². The highest BCUT2D eigenvalue weighted by molar-refractivity contribution is 9.10. The van der Waals surface area contributed by atoms with E-state index in [2.05, 4.69) is 20.9 Å². The number of aromatic nitrogens is 1. The summed E-state index contributed by atoms with van der Waals surface area (Å²) in [6, 6.07) is 11.5. The van der Waals surface area contributed by atoms with Crippen LogP contribution in [0.1, 0.15) is 24.5 Å². The van der Waals surface area contributed by atoms with E-state index >= 15 is 0 Å². The van der Waals surface area contributed by atoms with Gasteiger partial charge in [0.1, 0.15) is 11.1 Å². The quantitative estimate of drug-likeness (QED) is 0.562. The van der Waals surface area contributed by atoms with Gasteiger partial charge in [-0.2, -0.15) is 13.2 Å². The number of rotatable bonds is 3. The van der Waals surface area contributed by atoms with Gasteiger partial charge in [0.15, 0.2) is 5.42 Å². The molecule has 0 spiro atoms. The van der Waals surface area contributed by atoms with Crippen LogP contribution < -0.4 is 10.8 Å². The van der Waals surface area contributed by atoms with Gasteiger partial charge in [-0.15, -0.1) is 0 Å². The predicted octanol–water partition coefficient (Wildman–Crippen LogP) is 5.22. The number of aryl methyl sites for hydroxylation is 1. The molecule has 156 valence electrons. The summed E-state index contributed by atoms with van der Waals surface area (Å²) >= 11 is 3.37. The van der Waals surface area contributed by atoms with Gasteiger partial charge in [0.2, 0.25) is 5.89 Å². The first-order chi connectivity index (χ1) is 14.1. The van der Waals surface area contributed by atoms with Crippen molar-refractivity contribution in [2.45, 2.75) is 31.9 Å². The molecule has 3 aromatic rings. The minimum atomic E-state index is -4.53. The molecule has 1 heterocycles. The Bertz CT molecular complexity index is 1210. The number of nitrogens with zero attached hydrogens (tertiary/aromatic N) is 1. The van der Waals surface area contributed by atoms with Crippen molar-refractivity contribution in [1.29, 1.82) is 0 Å². The Balaban J connectivity index is 1.81. The van der Waals surface area contributed by atoms with Crippen molar-refractivity contribution in [1.82, 2.24) is 4.98 Å². The number of phenols is 1. The summed E-state index contributed by atoms with van der Waals surface area (Å²) in [7, 11) is 0. The first kappa shape index (κ1) is 20.7. The minimum Gasteiger partial charge on any atom is -0.508 e. The number of benzene rings is 2. The fourth-order valence-electron chi connectivity index (χ4n) is 3.74. The lowest BCUT2D eigenvalue weighted by molar-refractivity contribution is -0.194. The van der Waals surface area contributed by atoms with Crippen LogP contribution >= 0.6 is 15.9 Å². The number of hydrogen-bond acceptors (Lipinski definition) is 3. The van der Waals surface area contributed by atoms with E-state index in [-0.39, 0.29) is 17.7 Å². The number of oxazole rings is 1. The Labute approximate surface area is 179 Å². The lowest BCUT2D eigenvalue weighted by Crippen LogP contribution is -2.47. The topological polar surface area (TPSA) is 46.3 Å². The van der Waals surface area contributed by atoms with Crippen molar-refractivity contribution in [3.63, 3.8) is 0 Å². The summed E-state index contributed by atoms with van der Waals surface area (Å²) in [5.41, 5.74) is -0.580. The van der Waals surface area contributed by atoms with Crippen LogP contribution in [0, 0.1) is 12.8 Å². The second-order valence-corrected chi connectivity index (χ2v) is 8.61. The molecule has 0 saturated carbocycles. The molecular weight excluding hydrogens is 459 g/mol. The second kappa shape index (κ2) is 7.30. The van der Waals surface area contributed by atoms with Gasteiger partial charge in [0, 0.05) is 16.0 Å². The van der Waals surface area contributed by atoms with Crippen LogP contribution in [0.2, 0.25) is 0 Å². The van der Waals surface area contributed by atoms with Crippen LogP contribution in [0.25, 0.3) is 23.6 Å². The smallest absolute Gasteiger partial charge is 0.398 e. The third-order valence-electron chi connectivity index (χ3n) is 5.83. The molecule has 0 amide bonds. The normalized spacial score (nSPS) is 18.1. The van der Waals surface area contributed by atoms with E-state index in [1.807, 2.05) is 24.3 Å². The summed E-state index contributed by atoms with van der Waals surface area (Å²) in [6.07, 6.45) is -1.18. The molecule has 1 aliphatic rings. The van der Waals surface area contributed by atoms with Crippen LogP contribution in [0.4, 0.5) is 13.2 Å². The molecule has 2 unspecified atom stereocenters. The summed E-state index contributed by atoms with van der Waals surface area (Å²) in [4.78, 5) is 4.44. The highest BCUT2D eigenvalue weighted by Gasteiger charge is 2.56. The van der Waals surface area contributed by atoms with Crippen LogP contribution in [-0.4, -0.2) is 16.3 Å². The summed E-state index contributed by atoms with van der Waals surface area (Å²) in [6.45, 7) is 2.82. The fourth-order valence-corrected chi connectivity index (χ4v) is 4.00. The van der Waals surface area contributed by atoms with Crippen molar-refractivity contribution in [2.24, 2.45) is 5.92 Å². The zero-order chi connectivity index (χ0) is 21.7. The third kappa shape index (κ3) is 3.45. The monoisotopic (exact) mass is 477 g/mol. The van der Waals surface area contributed by atoms with E-state index in [4.69, 9.17) is 4.42 Å². The maximum absolute atomic E-state index is 14.3. The molecule has 3 nitrogen and oxygen atoms in total. The molecule has 0 saturated heterocycles. The van der Waals surface area contributed by atoms with Crippen LogP contribution in [-0.2, 0) is 5.41 Å². The molecule has 0 bridgehead atoms. The third-order valence-corrected chi connectivity index (χ3v) is 6.36. The SMILES string of the molecule is Cc1ccc(C(C)(C2C=c3oc(-c4ccc(Br)cc4)nc3=CC2)C(F)(F)F)cc1O. The molecule has 4 rings (SSSR count). The van der Waals surface area contributed by atoms with Crippen LogP contribution in [0.5, 0.6) is 5.75 Å². The van der Waals surface area contributed by atoms with Gasteiger partial charge in [-0.3, -0.25) is 0 Å². The van der Waals surface area contributed by atoms with E-state index in [1.54, 1.807) is 13.0 Å². The number of halogens is 4. The Morgan fingerprint density at radius 1 is 1.13 bits per heavy atom. The molecule has 1 aliphatic carbocycles. The van der Waals surface area contributed by atoms with Crippen molar-refractivity contribution in [3.8, 4) is 17.2 Å². The van der Waals surface area contributed by atoms with Crippen LogP contribution in [0.3, 0.4) is 0 Å². The molecule has 2 aromatic carbocycles. The first-order valence-electron chi connectivity index (χ1n) is 9.41. The number of alkyl halides is 3. The summed E-state index contributed by atoms with van der Waals surface area (Å²) < 4.78 is 49.7. The molecule has 2 atom stereocenters. The Morgan fingerprint density at radius 2 is 1.83 bits per heavy atom. The van der Waals surface area contributed by atoms with Crippen molar-refractivity contribution in [2.75, 3.05) is 0 Å². The number of aromatic hydroxyl groups is 1. The largest absolute Gasteiger partial charge is 0.508 e. The summed E-state index contributed by atoms with van der Waals surface area (Å²) in [5, 5.41) is 10.6. The maximum atomic E-state index is 14.3. The van der Waals surface area contributed by atoms with Gasteiger partial charge in [0.05, 0.1) is 5.41 Å². The zero-order valence-electron chi connectivity index (χ0n) is 16.3. The van der Waals surface area contributed by atoms with Gasteiger partial charge < -0.3 is 9.52 Å². The molecule has 0 aliphatic heterocycles. The molecule has 1 N–H and O–H groups in total. The predicted molar refractivity (Wildman–Crippen MR) is 112 cm³/mol. The van der Waals surface area contributed by atoms with Crippen molar-refractivity contribution < 1.29 is 22.7 Å². The van der Waals surface area contributed by atoms with Crippen molar-refractivity contribution >= 4 is 28.1 Å². The highest BCUT2D eigenvalue weighted by Crippen LogP contribution is 2.49. The van der Waals surface area contributed by atoms with Gasteiger partial charge in [-0.05, 0) is 67.8 Å².